The third kappa shape index (κ3) is 5.20. The summed E-state index contributed by atoms with van der Waals surface area (Å²) >= 11 is 0.326. The van der Waals surface area contributed by atoms with E-state index in [2.05, 4.69) is 0 Å². The first kappa shape index (κ1) is 18.3. The fourth-order valence-electron chi connectivity index (χ4n) is 2.24. The molecule has 1 fully saturated rings. The Balaban J connectivity index is 1.90. The molecule has 1 N–H and O–H groups in total. The first-order chi connectivity index (χ1) is 11.2. The summed E-state index contributed by atoms with van der Waals surface area (Å²) in [7, 11) is 1.58. The van der Waals surface area contributed by atoms with Crippen molar-refractivity contribution < 1.29 is 23.9 Å². The van der Waals surface area contributed by atoms with E-state index in [-0.39, 0.29) is 29.4 Å². The van der Waals surface area contributed by atoms with Crippen LogP contribution >= 0.6 is 11.8 Å². The van der Waals surface area contributed by atoms with Gasteiger partial charge < -0.3 is 24.0 Å². The fraction of sp³-hybridized carbons (Fsp3) is 0.533. The van der Waals surface area contributed by atoms with Crippen molar-refractivity contribution in [3.63, 3.8) is 0 Å². The maximum atomic E-state index is 12.2. The lowest BCUT2D eigenvalue weighted by Crippen LogP contribution is -2.41. The molecule has 128 valence electrons. The molecular weight excluding hydrogens is 338 g/mol. The van der Waals surface area contributed by atoms with E-state index in [1.54, 1.807) is 23.8 Å². The lowest BCUT2D eigenvalue weighted by atomic mass is 10.3. The maximum absolute atomic E-state index is 12.2. The highest BCUT2D eigenvalue weighted by Gasteiger charge is 2.32. The van der Waals surface area contributed by atoms with E-state index in [9.17, 15) is 9.35 Å². The van der Waals surface area contributed by atoms with Crippen LogP contribution in [0, 0.1) is 0 Å². The molecule has 23 heavy (non-hydrogen) atoms. The Morgan fingerprint density at radius 2 is 2.22 bits per heavy atom. The van der Waals surface area contributed by atoms with Crippen LogP contribution in [0.15, 0.2) is 24.3 Å². The molecule has 0 bridgehead atoms. The van der Waals surface area contributed by atoms with Crippen molar-refractivity contribution in [3.05, 3.63) is 24.3 Å². The lowest BCUT2D eigenvalue weighted by Gasteiger charge is -2.24. The van der Waals surface area contributed by atoms with Gasteiger partial charge in [0.25, 0.3) is 5.91 Å². The topological polar surface area (TPSA) is 82.1 Å². The Bertz CT molecular complexity index is 516. The summed E-state index contributed by atoms with van der Waals surface area (Å²) < 4.78 is 22.7. The zero-order valence-electron chi connectivity index (χ0n) is 13.0. The molecular formula is C15H21NO5S2. The van der Waals surface area contributed by atoms with E-state index in [0.717, 1.165) is 5.75 Å². The highest BCUT2D eigenvalue weighted by atomic mass is 32.2. The number of para-hydroxylation sites is 2. The van der Waals surface area contributed by atoms with Crippen molar-refractivity contribution in [2.45, 2.75) is 5.37 Å². The molecule has 0 aliphatic carbocycles. The van der Waals surface area contributed by atoms with Crippen molar-refractivity contribution in [2.24, 2.45) is 0 Å². The number of carbonyl (C=O) groups excluding carboxylic acids is 1. The first-order valence-electron chi connectivity index (χ1n) is 7.28. The summed E-state index contributed by atoms with van der Waals surface area (Å²) in [4.78, 5) is 13.9. The molecule has 0 saturated carbocycles. The summed E-state index contributed by atoms with van der Waals surface area (Å²) in [5.41, 5.74) is 0. The molecule has 1 aromatic rings. The molecule has 1 aliphatic heterocycles. The van der Waals surface area contributed by atoms with Crippen LogP contribution in [-0.4, -0.2) is 70.0 Å². The minimum atomic E-state index is -1.32. The van der Waals surface area contributed by atoms with Crippen LogP contribution in [0.5, 0.6) is 11.5 Å². The standard InChI is InChI=1S/C15H21NO5S2/c1-20-12-4-2-3-5-13(12)21-10-15-16(6-8-22-15)14(18)11-23(19)9-7-17/h2-5,15,17H,6-11H2,1H3. The Morgan fingerprint density at radius 3 is 2.91 bits per heavy atom. The second kappa shape index (κ2) is 9.27. The third-order valence-electron chi connectivity index (χ3n) is 3.36. The van der Waals surface area contributed by atoms with E-state index in [4.69, 9.17) is 14.6 Å². The first-order valence-corrected chi connectivity index (χ1v) is 9.82. The zero-order chi connectivity index (χ0) is 16.7. The van der Waals surface area contributed by atoms with Crippen LogP contribution in [0.25, 0.3) is 0 Å². The van der Waals surface area contributed by atoms with Crippen molar-refractivity contribution >= 4 is 28.8 Å². The Hall–Kier alpha value is -1.09. The molecule has 0 spiro atoms. The van der Waals surface area contributed by atoms with Crippen molar-refractivity contribution in [2.75, 3.05) is 44.1 Å². The van der Waals surface area contributed by atoms with Gasteiger partial charge in [-0.3, -0.25) is 4.79 Å². The van der Waals surface area contributed by atoms with Crippen LogP contribution in [0.3, 0.4) is 0 Å². The molecule has 1 aromatic carbocycles. The van der Waals surface area contributed by atoms with Gasteiger partial charge in [-0.15, -0.1) is 11.8 Å². The van der Waals surface area contributed by atoms with Gasteiger partial charge in [0.05, 0.1) is 13.7 Å². The number of nitrogens with zero attached hydrogens (tertiary/aromatic N) is 1. The van der Waals surface area contributed by atoms with Crippen molar-refractivity contribution in [1.82, 2.24) is 4.90 Å². The third-order valence-corrected chi connectivity index (χ3v) is 5.76. The van der Waals surface area contributed by atoms with Crippen LogP contribution in [-0.2, 0) is 16.0 Å². The van der Waals surface area contributed by atoms with Gasteiger partial charge in [-0.2, -0.15) is 0 Å². The lowest BCUT2D eigenvalue weighted by molar-refractivity contribution is -0.128. The van der Waals surface area contributed by atoms with Gasteiger partial charge in [-0.1, -0.05) is 12.1 Å². The number of carbonyl (C=O) groups is 1. The van der Waals surface area contributed by atoms with Gasteiger partial charge in [0, 0.05) is 12.3 Å². The van der Waals surface area contributed by atoms with Gasteiger partial charge in [-0.05, 0) is 23.3 Å². The summed E-state index contributed by atoms with van der Waals surface area (Å²) in [6.45, 7) is 0.804. The van der Waals surface area contributed by atoms with Gasteiger partial charge >= 0.3 is 0 Å². The average molecular weight is 359 g/mol. The van der Waals surface area contributed by atoms with Crippen molar-refractivity contribution in [1.29, 1.82) is 0 Å². The number of aliphatic hydroxyl groups is 1. The quantitative estimate of drug-likeness (QED) is 0.689. The molecule has 8 heteroatoms. The zero-order valence-corrected chi connectivity index (χ0v) is 14.6. The molecule has 2 atom stereocenters. The van der Waals surface area contributed by atoms with E-state index >= 15 is 0 Å². The second-order valence-corrected chi connectivity index (χ2v) is 7.75. The van der Waals surface area contributed by atoms with Crippen molar-refractivity contribution in [3.8, 4) is 11.5 Å². The molecule has 1 saturated heterocycles. The summed E-state index contributed by atoms with van der Waals surface area (Å²) in [6.07, 6.45) is 0. The number of thioether (sulfide) groups is 1. The molecule has 1 heterocycles. The Labute approximate surface area is 143 Å². The summed E-state index contributed by atoms with van der Waals surface area (Å²) in [5.74, 6) is 2.05. The Kier molecular flexibility index (Phi) is 7.35. The average Bonchev–Trinajstić information content (AvgIpc) is 3.02. The van der Waals surface area contributed by atoms with E-state index in [1.165, 1.54) is 0 Å². The maximum Gasteiger partial charge on any atom is 0.273 e. The second-order valence-electron chi connectivity index (χ2n) is 4.89. The highest BCUT2D eigenvalue weighted by Crippen LogP contribution is 2.29. The molecule has 2 rings (SSSR count). The monoisotopic (exact) mass is 359 g/mol. The summed E-state index contributed by atoms with van der Waals surface area (Å²) in [5, 5.41) is 8.67. The molecule has 2 unspecified atom stereocenters. The number of ether oxygens (including phenoxy) is 2. The van der Waals surface area contributed by atoms with Gasteiger partial charge in [0.15, 0.2) is 17.3 Å². The predicted octanol–water partition coefficient (Wildman–Crippen LogP) is 0.716. The minimum Gasteiger partial charge on any atom is -0.616 e. The number of benzene rings is 1. The molecule has 1 amide bonds. The molecule has 0 aromatic heterocycles. The Morgan fingerprint density at radius 1 is 1.48 bits per heavy atom. The number of amides is 1. The van der Waals surface area contributed by atoms with Crippen LogP contribution < -0.4 is 9.47 Å². The number of hydrogen-bond acceptors (Lipinski definition) is 6. The summed E-state index contributed by atoms with van der Waals surface area (Å²) in [6, 6.07) is 7.36. The largest absolute Gasteiger partial charge is 0.616 e. The van der Waals surface area contributed by atoms with Crippen LogP contribution in [0.1, 0.15) is 0 Å². The number of hydrogen-bond donors (Lipinski definition) is 1. The van der Waals surface area contributed by atoms with E-state index in [0.29, 0.717) is 24.7 Å². The van der Waals surface area contributed by atoms with E-state index in [1.807, 2.05) is 24.3 Å². The minimum absolute atomic E-state index is 0.0493. The van der Waals surface area contributed by atoms with Crippen LogP contribution in [0.4, 0.5) is 0 Å². The molecule has 6 nitrogen and oxygen atoms in total. The number of rotatable bonds is 8. The normalized spacial score (nSPS) is 18.7. The van der Waals surface area contributed by atoms with Gasteiger partial charge in [-0.25, -0.2) is 0 Å². The fourth-order valence-corrected chi connectivity index (χ4v) is 4.17. The predicted molar refractivity (Wildman–Crippen MR) is 91.4 cm³/mol. The molecule has 0 radical (unpaired) electrons. The molecule has 1 aliphatic rings. The highest BCUT2D eigenvalue weighted by molar-refractivity contribution is 8.00. The number of methoxy groups -OCH3 is 1. The smallest absolute Gasteiger partial charge is 0.273 e. The van der Waals surface area contributed by atoms with Crippen LogP contribution in [0.2, 0.25) is 0 Å². The van der Waals surface area contributed by atoms with E-state index < -0.39 is 11.2 Å². The van der Waals surface area contributed by atoms with Gasteiger partial charge in [0.2, 0.25) is 0 Å². The number of aliphatic hydroxyl groups excluding tert-OH is 1. The SMILES string of the molecule is COc1ccccc1OCC1SCCN1C(=O)C[S+]([O-])CCO. The van der Waals surface area contributed by atoms with Gasteiger partial charge in [0.1, 0.15) is 17.7 Å².